The first-order valence-electron chi connectivity index (χ1n) is 6.90. The normalized spacial score (nSPS) is 10.8. The van der Waals surface area contributed by atoms with Gasteiger partial charge >= 0.3 is 0 Å². The van der Waals surface area contributed by atoms with Crippen LogP contribution in [0.15, 0.2) is 54.6 Å². The first kappa shape index (κ1) is 13.4. The molecule has 0 heterocycles. The Morgan fingerprint density at radius 2 is 1.62 bits per heavy atom. The minimum atomic E-state index is -0.152. The van der Waals surface area contributed by atoms with E-state index in [4.69, 9.17) is 0 Å². The molecule has 0 saturated heterocycles. The molecule has 0 fully saturated rings. The van der Waals surface area contributed by atoms with Crippen LogP contribution >= 0.6 is 0 Å². The maximum atomic E-state index is 12.6. The highest BCUT2D eigenvalue weighted by molar-refractivity contribution is 6.13. The number of benzene rings is 3. The molecule has 0 aliphatic heterocycles. The molecule has 3 rings (SSSR count). The Bertz CT molecular complexity index is 830. The number of rotatable bonds is 2. The molecule has 0 spiro atoms. The van der Waals surface area contributed by atoms with E-state index in [9.17, 15) is 9.90 Å². The van der Waals surface area contributed by atoms with E-state index < -0.39 is 0 Å². The van der Waals surface area contributed by atoms with Crippen molar-refractivity contribution in [2.75, 3.05) is 0 Å². The van der Waals surface area contributed by atoms with E-state index in [2.05, 4.69) is 0 Å². The smallest absolute Gasteiger partial charge is 0.196 e. The summed E-state index contributed by atoms with van der Waals surface area (Å²) in [6, 6.07) is 16.9. The molecule has 0 aliphatic rings. The Kier molecular flexibility index (Phi) is 3.22. The van der Waals surface area contributed by atoms with Gasteiger partial charge in [-0.25, -0.2) is 0 Å². The highest BCUT2D eigenvalue weighted by Gasteiger charge is 2.17. The van der Waals surface area contributed by atoms with Crippen LogP contribution in [0, 0.1) is 13.8 Å². The summed E-state index contributed by atoms with van der Waals surface area (Å²) in [5.41, 5.74) is 2.79. The Morgan fingerprint density at radius 3 is 2.33 bits per heavy atom. The van der Waals surface area contributed by atoms with Gasteiger partial charge < -0.3 is 5.11 Å². The van der Waals surface area contributed by atoms with Gasteiger partial charge in [-0.3, -0.25) is 4.79 Å². The topological polar surface area (TPSA) is 37.3 Å². The summed E-state index contributed by atoms with van der Waals surface area (Å²) >= 11 is 0. The zero-order valence-corrected chi connectivity index (χ0v) is 12.1. The Morgan fingerprint density at radius 1 is 0.952 bits per heavy atom. The molecule has 0 amide bonds. The molecule has 0 aliphatic carbocycles. The third-order valence-electron chi connectivity index (χ3n) is 3.83. The molecule has 3 aromatic rings. The third-order valence-corrected chi connectivity index (χ3v) is 3.83. The third kappa shape index (κ3) is 2.29. The molecule has 2 nitrogen and oxygen atoms in total. The van der Waals surface area contributed by atoms with Crippen LogP contribution in [0.3, 0.4) is 0 Å². The molecule has 0 radical (unpaired) electrons. The van der Waals surface area contributed by atoms with Crippen molar-refractivity contribution in [3.05, 3.63) is 76.9 Å². The monoisotopic (exact) mass is 276 g/mol. The molecule has 1 N–H and O–H groups in total. The molecule has 21 heavy (non-hydrogen) atoms. The second-order valence-corrected chi connectivity index (χ2v) is 5.31. The highest BCUT2D eigenvalue weighted by atomic mass is 16.3. The Hall–Kier alpha value is -2.61. The fourth-order valence-corrected chi connectivity index (χ4v) is 2.55. The summed E-state index contributed by atoms with van der Waals surface area (Å²) in [5, 5.41) is 12.3. The van der Waals surface area contributed by atoms with Crippen LogP contribution < -0.4 is 0 Å². The highest BCUT2D eigenvalue weighted by Crippen LogP contribution is 2.32. The molecule has 0 atom stereocenters. The number of aromatic hydroxyl groups is 1. The second-order valence-electron chi connectivity index (χ2n) is 5.31. The number of phenolic OH excluding ortho intramolecular Hbond substituents is 1. The summed E-state index contributed by atoms with van der Waals surface area (Å²) in [4.78, 5) is 12.6. The van der Waals surface area contributed by atoms with E-state index in [1.54, 1.807) is 18.2 Å². The summed E-state index contributed by atoms with van der Waals surface area (Å²) in [6.45, 7) is 3.81. The minimum absolute atomic E-state index is 0.0688. The lowest BCUT2D eigenvalue weighted by Gasteiger charge is -2.10. The number of fused-ring (bicyclic) bond motifs is 1. The van der Waals surface area contributed by atoms with Crippen LogP contribution in [0.1, 0.15) is 27.0 Å². The molecule has 3 aromatic carbocycles. The largest absolute Gasteiger partial charge is 0.507 e. The lowest BCUT2D eigenvalue weighted by molar-refractivity contribution is 0.103. The average Bonchev–Trinajstić information content (AvgIpc) is 2.51. The van der Waals surface area contributed by atoms with Crippen molar-refractivity contribution < 1.29 is 9.90 Å². The molecule has 2 heteroatoms. The first-order chi connectivity index (χ1) is 10.1. The van der Waals surface area contributed by atoms with E-state index >= 15 is 0 Å². The Balaban J connectivity index is 2.18. The molecule has 104 valence electrons. The summed E-state index contributed by atoms with van der Waals surface area (Å²) < 4.78 is 0. The number of carbonyl (C=O) groups is 1. The number of phenols is 1. The number of ketones is 1. The average molecular weight is 276 g/mol. The fourth-order valence-electron chi connectivity index (χ4n) is 2.55. The van der Waals surface area contributed by atoms with Crippen LogP contribution in [-0.2, 0) is 0 Å². The lowest BCUT2D eigenvalue weighted by atomic mass is 9.95. The predicted octanol–water partition coefficient (Wildman–Crippen LogP) is 4.39. The summed E-state index contributed by atoms with van der Waals surface area (Å²) in [7, 11) is 0. The second kappa shape index (κ2) is 5.06. The van der Waals surface area contributed by atoms with Gasteiger partial charge in [0.1, 0.15) is 5.75 Å². The van der Waals surface area contributed by atoms with Gasteiger partial charge in [-0.2, -0.15) is 0 Å². The van der Waals surface area contributed by atoms with Crippen LogP contribution in [0.25, 0.3) is 10.8 Å². The van der Waals surface area contributed by atoms with Crippen molar-refractivity contribution in [3.8, 4) is 5.75 Å². The number of hydrogen-bond donors (Lipinski definition) is 1. The minimum Gasteiger partial charge on any atom is -0.507 e. The van der Waals surface area contributed by atoms with Crippen LogP contribution in [0.5, 0.6) is 5.75 Å². The van der Waals surface area contributed by atoms with Gasteiger partial charge in [0.25, 0.3) is 0 Å². The first-order valence-corrected chi connectivity index (χ1v) is 6.90. The number of hydrogen-bond acceptors (Lipinski definition) is 2. The SMILES string of the molecule is Cc1ccc(C(=O)c2cc3ccccc3c(C)c2O)cc1. The Labute approximate surface area is 123 Å². The van der Waals surface area contributed by atoms with E-state index in [-0.39, 0.29) is 11.5 Å². The zero-order chi connectivity index (χ0) is 15.0. The molecule has 0 aromatic heterocycles. The van der Waals surface area contributed by atoms with E-state index in [1.165, 1.54) is 0 Å². The van der Waals surface area contributed by atoms with Crippen molar-refractivity contribution in [1.29, 1.82) is 0 Å². The van der Waals surface area contributed by atoms with Gasteiger partial charge in [-0.15, -0.1) is 0 Å². The van der Waals surface area contributed by atoms with Gasteiger partial charge in [0.15, 0.2) is 5.78 Å². The van der Waals surface area contributed by atoms with E-state index in [1.807, 2.05) is 50.2 Å². The van der Waals surface area contributed by atoms with Crippen LogP contribution in [-0.4, -0.2) is 10.9 Å². The summed E-state index contributed by atoms with van der Waals surface area (Å²) in [5.74, 6) is -0.0828. The van der Waals surface area contributed by atoms with Crippen molar-refractivity contribution in [1.82, 2.24) is 0 Å². The van der Waals surface area contributed by atoms with Crippen LogP contribution in [0.2, 0.25) is 0 Å². The maximum Gasteiger partial charge on any atom is 0.196 e. The van der Waals surface area contributed by atoms with E-state index in [0.717, 1.165) is 21.9 Å². The van der Waals surface area contributed by atoms with Gasteiger partial charge in [0, 0.05) is 5.56 Å². The number of aryl methyl sites for hydroxylation is 2. The zero-order valence-electron chi connectivity index (χ0n) is 12.1. The van der Waals surface area contributed by atoms with Crippen molar-refractivity contribution >= 4 is 16.6 Å². The molecule has 0 bridgehead atoms. The van der Waals surface area contributed by atoms with Crippen molar-refractivity contribution in [2.24, 2.45) is 0 Å². The van der Waals surface area contributed by atoms with E-state index in [0.29, 0.717) is 11.1 Å². The molecule has 0 unspecified atom stereocenters. The van der Waals surface area contributed by atoms with Gasteiger partial charge in [0.2, 0.25) is 0 Å². The molecular weight excluding hydrogens is 260 g/mol. The lowest BCUT2D eigenvalue weighted by Crippen LogP contribution is -2.03. The molecule has 0 saturated carbocycles. The summed E-state index contributed by atoms with van der Waals surface area (Å²) in [6.07, 6.45) is 0. The van der Waals surface area contributed by atoms with Crippen molar-refractivity contribution in [3.63, 3.8) is 0 Å². The van der Waals surface area contributed by atoms with Gasteiger partial charge in [0.05, 0.1) is 5.56 Å². The quantitative estimate of drug-likeness (QED) is 0.705. The number of carbonyl (C=O) groups excluding carboxylic acids is 1. The molecular formula is C19H16O2. The predicted molar refractivity (Wildman–Crippen MR) is 85.0 cm³/mol. The fraction of sp³-hybridized carbons (Fsp3) is 0.105. The standard InChI is InChI=1S/C19H16O2/c1-12-7-9-14(10-8-12)19(21)17-11-15-5-3-4-6-16(15)13(2)18(17)20/h3-11,20H,1-2H3. The maximum absolute atomic E-state index is 12.6. The van der Waals surface area contributed by atoms with Gasteiger partial charge in [-0.1, -0.05) is 54.1 Å². The van der Waals surface area contributed by atoms with Gasteiger partial charge in [-0.05, 0) is 36.2 Å². The van der Waals surface area contributed by atoms with Crippen molar-refractivity contribution in [2.45, 2.75) is 13.8 Å². The van der Waals surface area contributed by atoms with Crippen LogP contribution in [0.4, 0.5) is 0 Å².